The van der Waals surface area contributed by atoms with Crippen molar-refractivity contribution < 1.29 is 8.42 Å². The average molecular weight is 530 g/mol. The third kappa shape index (κ3) is 4.05. The SMILES string of the molecule is Nc1cnc(C#Cc2cc3ncnc(Nc4ccc5c(ccn5S(=O)(=O)c5cccs5)c4)c3s2)cn1. The van der Waals surface area contributed by atoms with Gasteiger partial charge in [-0.25, -0.2) is 23.9 Å². The summed E-state index contributed by atoms with van der Waals surface area (Å²) in [6.07, 6.45) is 6.05. The molecule has 0 spiro atoms. The summed E-state index contributed by atoms with van der Waals surface area (Å²) in [6.45, 7) is 0. The summed E-state index contributed by atoms with van der Waals surface area (Å²) in [4.78, 5) is 17.7. The molecule has 0 amide bonds. The number of nitrogen functional groups attached to an aromatic ring is 1. The summed E-state index contributed by atoms with van der Waals surface area (Å²) in [6, 6.07) is 12.5. The maximum Gasteiger partial charge on any atom is 0.277 e. The molecule has 0 fully saturated rings. The first-order valence-electron chi connectivity index (χ1n) is 10.5. The van der Waals surface area contributed by atoms with Gasteiger partial charge in [-0.15, -0.1) is 22.7 Å². The third-order valence-electron chi connectivity index (χ3n) is 5.22. The first-order chi connectivity index (χ1) is 17.5. The van der Waals surface area contributed by atoms with Crippen LogP contribution in [0, 0.1) is 11.8 Å². The van der Waals surface area contributed by atoms with Crippen molar-refractivity contribution in [2.45, 2.75) is 4.21 Å². The van der Waals surface area contributed by atoms with Gasteiger partial charge in [-0.1, -0.05) is 6.07 Å². The number of anilines is 3. The second-order valence-corrected chi connectivity index (χ2v) is 11.6. The van der Waals surface area contributed by atoms with Gasteiger partial charge >= 0.3 is 0 Å². The Kier molecular flexibility index (Phi) is 5.37. The zero-order valence-electron chi connectivity index (χ0n) is 18.3. The summed E-state index contributed by atoms with van der Waals surface area (Å²) < 4.78 is 28.4. The van der Waals surface area contributed by atoms with Gasteiger partial charge in [0.05, 0.1) is 33.0 Å². The molecule has 6 rings (SSSR count). The lowest BCUT2D eigenvalue weighted by molar-refractivity contribution is 0.591. The van der Waals surface area contributed by atoms with Gasteiger partial charge in [-0.05, 0) is 53.6 Å². The van der Waals surface area contributed by atoms with E-state index in [0.717, 1.165) is 26.2 Å². The molecule has 176 valence electrons. The van der Waals surface area contributed by atoms with Crippen molar-refractivity contribution in [3.63, 3.8) is 0 Å². The van der Waals surface area contributed by atoms with E-state index in [1.807, 2.05) is 18.2 Å². The molecule has 0 aliphatic carbocycles. The van der Waals surface area contributed by atoms with Gasteiger partial charge in [-0.3, -0.25) is 0 Å². The lowest BCUT2D eigenvalue weighted by atomic mass is 10.2. The molecule has 0 atom stereocenters. The number of nitrogens with one attached hydrogen (secondary N) is 1. The lowest BCUT2D eigenvalue weighted by Crippen LogP contribution is -2.10. The fourth-order valence-electron chi connectivity index (χ4n) is 3.58. The number of nitrogens with two attached hydrogens (primary N) is 1. The molecule has 9 nitrogen and oxygen atoms in total. The highest BCUT2D eigenvalue weighted by atomic mass is 32.2. The molecule has 5 aromatic heterocycles. The number of benzene rings is 1. The Hall–Kier alpha value is -4.31. The number of hydrogen-bond acceptors (Lipinski definition) is 10. The molecule has 0 bridgehead atoms. The average Bonchev–Trinajstić information content (AvgIpc) is 3.63. The van der Waals surface area contributed by atoms with Gasteiger partial charge in [0.2, 0.25) is 0 Å². The fourth-order valence-corrected chi connectivity index (χ4v) is 6.92. The van der Waals surface area contributed by atoms with E-state index in [2.05, 4.69) is 37.1 Å². The van der Waals surface area contributed by atoms with E-state index in [1.54, 1.807) is 35.8 Å². The van der Waals surface area contributed by atoms with Crippen molar-refractivity contribution >= 4 is 71.1 Å². The van der Waals surface area contributed by atoms with Crippen LogP contribution in [0.25, 0.3) is 21.1 Å². The van der Waals surface area contributed by atoms with Crippen LogP contribution in [0.2, 0.25) is 0 Å². The number of thiophene rings is 2. The van der Waals surface area contributed by atoms with Crippen LogP contribution in [-0.4, -0.2) is 32.3 Å². The van der Waals surface area contributed by atoms with Crippen LogP contribution in [0.4, 0.5) is 17.3 Å². The molecule has 1 aromatic carbocycles. The van der Waals surface area contributed by atoms with Crippen LogP contribution in [0.3, 0.4) is 0 Å². The minimum Gasteiger partial charge on any atom is -0.382 e. The molecule has 36 heavy (non-hydrogen) atoms. The highest BCUT2D eigenvalue weighted by molar-refractivity contribution is 7.92. The molecule has 0 radical (unpaired) electrons. The van der Waals surface area contributed by atoms with E-state index in [9.17, 15) is 8.42 Å². The fraction of sp³-hybridized carbons (Fsp3) is 0. The number of aromatic nitrogens is 5. The van der Waals surface area contributed by atoms with Crippen molar-refractivity contribution in [3.8, 4) is 11.8 Å². The molecule has 0 unspecified atom stereocenters. The Labute approximate surface area is 213 Å². The molecule has 0 saturated heterocycles. The van der Waals surface area contributed by atoms with Crippen molar-refractivity contribution in [1.29, 1.82) is 0 Å². The van der Waals surface area contributed by atoms with Gasteiger partial charge in [0.15, 0.2) is 5.82 Å². The first kappa shape index (κ1) is 22.2. The van der Waals surface area contributed by atoms with Gasteiger partial charge in [0.25, 0.3) is 10.0 Å². The van der Waals surface area contributed by atoms with Crippen molar-refractivity contribution in [2.75, 3.05) is 11.1 Å². The van der Waals surface area contributed by atoms with Gasteiger partial charge in [0.1, 0.15) is 22.0 Å². The smallest absolute Gasteiger partial charge is 0.277 e. The first-order valence-corrected chi connectivity index (χ1v) is 13.6. The molecule has 6 aromatic rings. The van der Waals surface area contributed by atoms with Crippen LogP contribution >= 0.6 is 22.7 Å². The Morgan fingerprint density at radius 3 is 2.72 bits per heavy atom. The molecule has 5 heterocycles. The molecular formula is C24H15N7O2S3. The summed E-state index contributed by atoms with van der Waals surface area (Å²) >= 11 is 2.65. The van der Waals surface area contributed by atoms with Gasteiger partial charge in [-0.2, -0.15) is 8.42 Å². The van der Waals surface area contributed by atoms with Crippen LogP contribution in [0.1, 0.15) is 10.6 Å². The molecule has 0 aliphatic rings. The Morgan fingerprint density at radius 1 is 1.00 bits per heavy atom. The Morgan fingerprint density at radius 2 is 1.92 bits per heavy atom. The second-order valence-electron chi connectivity index (χ2n) is 7.57. The Balaban J connectivity index is 1.31. The monoisotopic (exact) mass is 529 g/mol. The number of rotatable bonds is 4. The van der Waals surface area contributed by atoms with Crippen molar-refractivity contribution in [2.24, 2.45) is 0 Å². The van der Waals surface area contributed by atoms with Crippen LogP contribution in [0.15, 0.2) is 77.0 Å². The summed E-state index contributed by atoms with van der Waals surface area (Å²) in [7, 11) is -3.64. The number of hydrogen-bond donors (Lipinski definition) is 2. The maximum absolute atomic E-state index is 13.0. The number of nitrogens with zero attached hydrogens (tertiary/aromatic N) is 5. The topological polar surface area (TPSA) is 129 Å². The highest BCUT2D eigenvalue weighted by Gasteiger charge is 2.20. The Bertz CT molecular complexity index is 1900. The minimum atomic E-state index is -3.64. The van der Waals surface area contributed by atoms with E-state index in [1.165, 1.54) is 45.4 Å². The number of fused-ring (bicyclic) bond motifs is 2. The van der Waals surface area contributed by atoms with Crippen LogP contribution < -0.4 is 11.1 Å². The summed E-state index contributed by atoms with van der Waals surface area (Å²) in [5, 5.41) is 5.86. The van der Waals surface area contributed by atoms with E-state index in [0.29, 0.717) is 27.1 Å². The second kappa shape index (κ2) is 8.72. The molecule has 12 heteroatoms. The quantitative estimate of drug-likeness (QED) is 0.320. The molecule has 0 saturated carbocycles. The summed E-state index contributed by atoms with van der Waals surface area (Å²) in [5.41, 5.74) is 8.22. The largest absolute Gasteiger partial charge is 0.382 e. The molecule has 3 N–H and O–H groups in total. The van der Waals surface area contributed by atoms with Crippen molar-refractivity contribution in [3.05, 3.63) is 83.3 Å². The van der Waals surface area contributed by atoms with Crippen LogP contribution in [-0.2, 0) is 10.0 Å². The zero-order chi connectivity index (χ0) is 24.7. The van der Waals surface area contributed by atoms with E-state index < -0.39 is 10.0 Å². The molecule has 0 aliphatic heterocycles. The highest BCUT2D eigenvalue weighted by Crippen LogP contribution is 2.32. The predicted octanol–water partition coefficient (Wildman–Crippen LogP) is 4.46. The van der Waals surface area contributed by atoms with Gasteiger partial charge < -0.3 is 11.1 Å². The van der Waals surface area contributed by atoms with E-state index >= 15 is 0 Å². The predicted molar refractivity (Wildman–Crippen MR) is 142 cm³/mol. The standard InChI is InChI=1S/C24H15N7O2S3/c25-21-13-26-17(12-27-21)3-5-18-11-19-23(35-18)24(29-14-28-19)30-16-4-6-20-15(10-16)7-8-31(20)36(32,33)22-2-1-9-34-22/h1-2,4,6-14H,(H2,25,27)(H,28,29,30). The third-order valence-corrected chi connectivity index (χ3v) is 9.33. The lowest BCUT2D eigenvalue weighted by Gasteiger charge is -2.08. The summed E-state index contributed by atoms with van der Waals surface area (Å²) in [5.74, 6) is 7.03. The van der Waals surface area contributed by atoms with Crippen molar-refractivity contribution in [1.82, 2.24) is 23.9 Å². The normalized spacial score (nSPS) is 11.4. The minimum absolute atomic E-state index is 0.297. The maximum atomic E-state index is 13.0. The van der Waals surface area contributed by atoms with E-state index in [-0.39, 0.29) is 0 Å². The van der Waals surface area contributed by atoms with Gasteiger partial charge in [0, 0.05) is 17.3 Å². The zero-order valence-corrected chi connectivity index (χ0v) is 20.7. The van der Waals surface area contributed by atoms with E-state index in [4.69, 9.17) is 5.73 Å². The molecular weight excluding hydrogens is 515 g/mol. The van der Waals surface area contributed by atoms with Crippen LogP contribution in [0.5, 0.6) is 0 Å².